The van der Waals surface area contributed by atoms with Crippen LogP contribution in [0, 0.1) is 11.3 Å². The number of benzene rings is 1. The molecule has 2 N–H and O–H groups in total. The van der Waals surface area contributed by atoms with Gasteiger partial charge in [-0.2, -0.15) is 5.26 Å². The molecule has 0 saturated carbocycles. The maximum Gasteiger partial charge on any atom is 0.356 e. The van der Waals surface area contributed by atoms with E-state index in [1.807, 2.05) is 6.07 Å². The van der Waals surface area contributed by atoms with Gasteiger partial charge in [-0.1, -0.05) is 27.5 Å². The predicted molar refractivity (Wildman–Crippen MR) is 78.3 cm³/mol. The topological polar surface area (TPSA) is 86.0 Å². The molecule has 2 rings (SSSR count). The van der Waals surface area contributed by atoms with Gasteiger partial charge in [0.1, 0.15) is 11.9 Å². The first-order valence-corrected chi connectivity index (χ1v) is 6.55. The van der Waals surface area contributed by atoms with Crippen molar-refractivity contribution in [3.8, 4) is 6.07 Å². The predicted octanol–water partition coefficient (Wildman–Crippen LogP) is 3.81. The number of hydrogen-bond acceptors (Lipinski definition) is 4. The number of carbonyl (C=O) groups is 1. The van der Waals surface area contributed by atoms with Crippen molar-refractivity contribution < 1.29 is 9.90 Å². The summed E-state index contributed by atoms with van der Waals surface area (Å²) in [6.07, 6.45) is 0. The fraction of sp³-hybridized carbons (Fsp3) is 0. The van der Waals surface area contributed by atoms with E-state index in [0.717, 1.165) is 4.47 Å². The third kappa shape index (κ3) is 3.07. The fourth-order valence-corrected chi connectivity index (χ4v) is 2.06. The minimum absolute atomic E-state index is 0.0550. The molecule has 0 amide bonds. The summed E-state index contributed by atoms with van der Waals surface area (Å²) in [5, 5.41) is 21.0. The Morgan fingerprint density at radius 3 is 2.80 bits per heavy atom. The van der Waals surface area contributed by atoms with Gasteiger partial charge in [0.25, 0.3) is 0 Å². The van der Waals surface area contributed by atoms with E-state index in [2.05, 4.69) is 26.2 Å². The molecule has 1 aromatic heterocycles. The number of aromatic nitrogens is 1. The number of rotatable bonds is 3. The molecule has 0 aliphatic carbocycles. The molecule has 2 aromatic rings. The van der Waals surface area contributed by atoms with Crippen LogP contribution in [-0.4, -0.2) is 16.1 Å². The van der Waals surface area contributed by atoms with Crippen LogP contribution in [0.1, 0.15) is 16.1 Å². The Hall–Kier alpha value is -2.10. The van der Waals surface area contributed by atoms with Crippen LogP contribution in [0.25, 0.3) is 0 Å². The standard InChI is InChI=1S/C13H7BrClN3O2/c14-8-1-3-10(7(5-8)6-16)17-11-4-2-9(15)12(18-11)13(19)20/h1-5H,(H,17,18)(H,19,20). The molecular formula is C13H7BrClN3O2. The SMILES string of the molecule is N#Cc1cc(Br)ccc1Nc1ccc(Cl)c(C(=O)O)n1. The van der Waals surface area contributed by atoms with Crippen LogP contribution in [-0.2, 0) is 0 Å². The van der Waals surface area contributed by atoms with Gasteiger partial charge in [0.15, 0.2) is 5.69 Å². The summed E-state index contributed by atoms with van der Waals surface area (Å²) < 4.78 is 0.773. The third-order valence-electron chi connectivity index (χ3n) is 2.41. The van der Waals surface area contributed by atoms with E-state index in [0.29, 0.717) is 17.1 Å². The van der Waals surface area contributed by atoms with Gasteiger partial charge in [0.2, 0.25) is 0 Å². The Labute approximate surface area is 128 Å². The first-order valence-electron chi connectivity index (χ1n) is 5.38. The molecule has 7 heteroatoms. The van der Waals surface area contributed by atoms with Crippen molar-refractivity contribution in [2.24, 2.45) is 0 Å². The van der Waals surface area contributed by atoms with Crippen molar-refractivity contribution in [2.75, 3.05) is 5.32 Å². The van der Waals surface area contributed by atoms with Crippen LogP contribution < -0.4 is 5.32 Å². The monoisotopic (exact) mass is 351 g/mol. The zero-order valence-corrected chi connectivity index (χ0v) is 12.2. The average Bonchev–Trinajstić information content (AvgIpc) is 2.42. The highest BCUT2D eigenvalue weighted by Crippen LogP contribution is 2.24. The lowest BCUT2D eigenvalue weighted by atomic mass is 10.2. The van der Waals surface area contributed by atoms with Gasteiger partial charge in [-0.15, -0.1) is 0 Å². The lowest BCUT2D eigenvalue weighted by molar-refractivity contribution is 0.0691. The molecule has 20 heavy (non-hydrogen) atoms. The van der Waals surface area contributed by atoms with E-state index >= 15 is 0 Å². The molecule has 1 aromatic carbocycles. The number of aromatic carboxylic acids is 1. The first-order chi connectivity index (χ1) is 9.51. The van der Waals surface area contributed by atoms with E-state index in [9.17, 15) is 4.79 Å². The van der Waals surface area contributed by atoms with Crippen molar-refractivity contribution in [3.63, 3.8) is 0 Å². The highest BCUT2D eigenvalue weighted by atomic mass is 79.9. The molecule has 0 fully saturated rings. The largest absolute Gasteiger partial charge is 0.476 e. The summed E-state index contributed by atoms with van der Waals surface area (Å²) in [5.74, 6) is -0.916. The summed E-state index contributed by atoms with van der Waals surface area (Å²) in [4.78, 5) is 14.9. The maximum atomic E-state index is 11.0. The Kier molecular flexibility index (Phi) is 4.23. The van der Waals surface area contributed by atoms with Crippen molar-refractivity contribution in [1.82, 2.24) is 4.98 Å². The number of anilines is 2. The van der Waals surface area contributed by atoms with Crippen LogP contribution in [0.5, 0.6) is 0 Å². The number of pyridine rings is 1. The number of nitriles is 1. The molecule has 0 aliphatic heterocycles. The van der Waals surface area contributed by atoms with Crippen LogP contribution in [0.3, 0.4) is 0 Å². The van der Waals surface area contributed by atoms with Gasteiger partial charge in [-0.05, 0) is 30.3 Å². The molecular weight excluding hydrogens is 346 g/mol. The molecule has 0 bridgehead atoms. The fourth-order valence-electron chi connectivity index (χ4n) is 1.52. The highest BCUT2D eigenvalue weighted by Gasteiger charge is 2.12. The molecule has 0 spiro atoms. The van der Waals surface area contributed by atoms with Gasteiger partial charge in [0.05, 0.1) is 16.3 Å². The smallest absolute Gasteiger partial charge is 0.356 e. The van der Waals surface area contributed by atoms with Crippen LogP contribution in [0.4, 0.5) is 11.5 Å². The van der Waals surface area contributed by atoms with E-state index in [4.69, 9.17) is 22.0 Å². The number of nitrogens with zero attached hydrogens (tertiary/aromatic N) is 2. The number of halogens is 2. The summed E-state index contributed by atoms with van der Waals surface area (Å²) in [6, 6.07) is 10.1. The minimum atomic E-state index is -1.21. The zero-order chi connectivity index (χ0) is 14.7. The molecule has 1 heterocycles. The molecule has 0 atom stereocenters. The van der Waals surface area contributed by atoms with Gasteiger partial charge < -0.3 is 10.4 Å². The first kappa shape index (κ1) is 14.3. The Morgan fingerprint density at radius 2 is 2.15 bits per heavy atom. The van der Waals surface area contributed by atoms with E-state index < -0.39 is 5.97 Å². The van der Waals surface area contributed by atoms with Gasteiger partial charge >= 0.3 is 5.97 Å². The lowest BCUT2D eigenvalue weighted by Gasteiger charge is -2.09. The summed E-state index contributed by atoms with van der Waals surface area (Å²) in [5.41, 5.74) is 0.696. The Morgan fingerprint density at radius 1 is 1.40 bits per heavy atom. The van der Waals surface area contributed by atoms with Crippen molar-refractivity contribution >= 4 is 45.0 Å². The Balaban J connectivity index is 2.38. The second-order valence-corrected chi connectivity index (χ2v) is 5.08. The second-order valence-electron chi connectivity index (χ2n) is 3.76. The average molecular weight is 353 g/mol. The van der Waals surface area contributed by atoms with Crippen molar-refractivity contribution in [3.05, 3.63) is 51.1 Å². The number of nitrogens with one attached hydrogen (secondary N) is 1. The van der Waals surface area contributed by atoms with Gasteiger partial charge in [-0.25, -0.2) is 9.78 Å². The number of carboxylic acids is 1. The van der Waals surface area contributed by atoms with E-state index in [1.54, 1.807) is 18.2 Å². The summed E-state index contributed by atoms with van der Waals surface area (Å²) >= 11 is 9.02. The van der Waals surface area contributed by atoms with Crippen LogP contribution in [0.2, 0.25) is 5.02 Å². The summed E-state index contributed by atoms with van der Waals surface area (Å²) in [7, 11) is 0. The molecule has 0 aliphatic rings. The molecule has 100 valence electrons. The molecule has 5 nitrogen and oxygen atoms in total. The van der Waals surface area contributed by atoms with Gasteiger partial charge in [-0.3, -0.25) is 0 Å². The molecule has 0 radical (unpaired) electrons. The molecule has 0 saturated heterocycles. The van der Waals surface area contributed by atoms with Crippen molar-refractivity contribution in [1.29, 1.82) is 5.26 Å². The minimum Gasteiger partial charge on any atom is -0.476 e. The number of hydrogen-bond donors (Lipinski definition) is 2. The maximum absolute atomic E-state index is 11.0. The van der Waals surface area contributed by atoms with Crippen molar-refractivity contribution in [2.45, 2.75) is 0 Å². The summed E-state index contributed by atoms with van der Waals surface area (Å²) in [6.45, 7) is 0. The van der Waals surface area contributed by atoms with E-state index in [-0.39, 0.29) is 10.7 Å². The molecule has 0 unspecified atom stereocenters. The number of carboxylic acid groups (broad SMARTS) is 1. The normalized spacial score (nSPS) is 9.85. The lowest BCUT2D eigenvalue weighted by Crippen LogP contribution is -2.04. The van der Waals surface area contributed by atoms with E-state index in [1.165, 1.54) is 12.1 Å². The third-order valence-corrected chi connectivity index (χ3v) is 3.21. The zero-order valence-electron chi connectivity index (χ0n) is 9.89. The van der Waals surface area contributed by atoms with Crippen LogP contribution in [0.15, 0.2) is 34.8 Å². The second kappa shape index (κ2) is 5.90. The van der Waals surface area contributed by atoms with Gasteiger partial charge in [0, 0.05) is 4.47 Å². The highest BCUT2D eigenvalue weighted by molar-refractivity contribution is 9.10. The quantitative estimate of drug-likeness (QED) is 0.877. The van der Waals surface area contributed by atoms with Crippen LogP contribution >= 0.6 is 27.5 Å². The Bertz CT molecular complexity index is 728.